The second-order valence-electron chi connectivity index (χ2n) is 4.00. The molecule has 0 saturated heterocycles. The summed E-state index contributed by atoms with van der Waals surface area (Å²) in [5.74, 6) is 0. The van der Waals surface area contributed by atoms with Crippen LogP contribution in [0.25, 0.3) is 0 Å². The molecule has 2 N–H and O–H groups in total. The predicted molar refractivity (Wildman–Crippen MR) is 74.3 cm³/mol. The van der Waals surface area contributed by atoms with E-state index >= 15 is 0 Å². The second kappa shape index (κ2) is 7.69. The van der Waals surface area contributed by atoms with Gasteiger partial charge in [-0.05, 0) is 18.6 Å². The number of unbranched alkanes of at least 4 members (excludes halogenated alkanes) is 1. The highest BCUT2D eigenvalue weighted by atomic mass is 79.9. The summed E-state index contributed by atoms with van der Waals surface area (Å²) in [5.41, 5.74) is 1.90. The molecule has 0 fully saturated rings. The molecule has 96 valence electrons. The fraction of sp³-hybridized carbons (Fsp3) is 0.538. The minimum Gasteiger partial charge on any atom is -0.395 e. The molecule has 1 rings (SSSR count). The Balaban J connectivity index is 2.93. The van der Waals surface area contributed by atoms with Gasteiger partial charge >= 0.3 is 0 Å². The van der Waals surface area contributed by atoms with Crippen molar-refractivity contribution in [3.8, 4) is 0 Å². The predicted octanol–water partition coefficient (Wildman–Crippen LogP) is 2.54. The summed E-state index contributed by atoms with van der Waals surface area (Å²) in [4.78, 5) is 2.12. The zero-order chi connectivity index (χ0) is 12.7. The van der Waals surface area contributed by atoms with Crippen LogP contribution in [0, 0.1) is 0 Å². The van der Waals surface area contributed by atoms with Crippen molar-refractivity contribution in [2.24, 2.45) is 0 Å². The summed E-state index contributed by atoms with van der Waals surface area (Å²) >= 11 is 3.44. The minimum absolute atomic E-state index is 0.0245. The van der Waals surface area contributed by atoms with Crippen molar-refractivity contribution in [3.05, 3.63) is 28.2 Å². The molecule has 0 heterocycles. The standard InChI is InChI=1S/C13H20BrNO2/c1-2-3-6-15(7-8-16)13-9-12(14)5-4-11(13)10-17/h4-5,9,16-17H,2-3,6-8,10H2,1H3. The van der Waals surface area contributed by atoms with Gasteiger partial charge < -0.3 is 15.1 Å². The molecule has 1 aromatic rings. The molecule has 0 aliphatic carbocycles. The third-order valence-corrected chi connectivity index (χ3v) is 3.20. The third-order valence-electron chi connectivity index (χ3n) is 2.71. The van der Waals surface area contributed by atoms with Crippen molar-refractivity contribution in [1.82, 2.24) is 0 Å². The van der Waals surface area contributed by atoms with Crippen LogP contribution in [0.5, 0.6) is 0 Å². The normalized spacial score (nSPS) is 10.6. The summed E-state index contributed by atoms with van der Waals surface area (Å²) in [7, 11) is 0. The first-order chi connectivity index (χ1) is 8.22. The van der Waals surface area contributed by atoms with Crippen molar-refractivity contribution < 1.29 is 10.2 Å². The van der Waals surface area contributed by atoms with E-state index in [1.54, 1.807) is 0 Å². The summed E-state index contributed by atoms with van der Waals surface area (Å²) in [6.45, 7) is 3.80. The minimum atomic E-state index is 0.0245. The van der Waals surface area contributed by atoms with Crippen LogP contribution in [0.1, 0.15) is 25.3 Å². The van der Waals surface area contributed by atoms with Crippen LogP contribution < -0.4 is 4.90 Å². The molecule has 0 spiro atoms. The molecule has 4 heteroatoms. The number of hydrogen-bond acceptors (Lipinski definition) is 3. The summed E-state index contributed by atoms with van der Waals surface area (Å²) in [5, 5.41) is 18.5. The molecule has 0 radical (unpaired) electrons. The quantitative estimate of drug-likeness (QED) is 0.813. The van der Waals surface area contributed by atoms with E-state index in [-0.39, 0.29) is 13.2 Å². The van der Waals surface area contributed by atoms with Gasteiger partial charge in [0.1, 0.15) is 0 Å². The molecular formula is C13H20BrNO2. The van der Waals surface area contributed by atoms with E-state index in [9.17, 15) is 5.11 Å². The van der Waals surface area contributed by atoms with Gasteiger partial charge in [0.25, 0.3) is 0 Å². The van der Waals surface area contributed by atoms with Crippen molar-refractivity contribution in [1.29, 1.82) is 0 Å². The van der Waals surface area contributed by atoms with Gasteiger partial charge in [-0.3, -0.25) is 0 Å². The average Bonchev–Trinajstić information content (AvgIpc) is 2.34. The number of rotatable bonds is 7. The van der Waals surface area contributed by atoms with E-state index in [4.69, 9.17) is 5.11 Å². The Hall–Kier alpha value is -0.580. The Morgan fingerprint density at radius 1 is 1.24 bits per heavy atom. The van der Waals surface area contributed by atoms with E-state index in [1.807, 2.05) is 18.2 Å². The topological polar surface area (TPSA) is 43.7 Å². The number of halogens is 1. The van der Waals surface area contributed by atoms with Crippen LogP contribution in [-0.4, -0.2) is 29.9 Å². The van der Waals surface area contributed by atoms with E-state index in [2.05, 4.69) is 27.8 Å². The van der Waals surface area contributed by atoms with Crippen LogP contribution in [0.4, 0.5) is 5.69 Å². The number of hydrogen-bond donors (Lipinski definition) is 2. The van der Waals surface area contributed by atoms with Gasteiger partial charge in [0.2, 0.25) is 0 Å². The Kier molecular flexibility index (Phi) is 6.55. The summed E-state index contributed by atoms with van der Waals surface area (Å²) < 4.78 is 0.990. The number of anilines is 1. The molecular weight excluding hydrogens is 282 g/mol. The molecule has 0 atom stereocenters. The fourth-order valence-electron chi connectivity index (χ4n) is 1.79. The van der Waals surface area contributed by atoms with Crippen LogP contribution in [0.3, 0.4) is 0 Å². The lowest BCUT2D eigenvalue weighted by Crippen LogP contribution is -2.28. The Labute approximate surface area is 111 Å². The van der Waals surface area contributed by atoms with Gasteiger partial charge in [-0.15, -0.1) is 0 Å². The Morgan fingerprint density at radius 2 is 2.00 bits per heavy atom. The molecule has 0 bridgehead atoms. The maximum atomic E-state index is 9.35. The van der Waals surface area contributed by atoms with Gasteiger partial charge in [0.15, 0.2) is 0 Å². The molecule has 0 aliphatic rings. The zero-order valence-electron chi connectivity index (χ0n) is 10.2. The van der Waals surface area contributed by atoms with Crippen LogP contribution >= 0.6 is 15.9 Å². The molecule has 0 aromatic heterocycles. The monoisotopic (exact) mass is 301 g/mol. The van der Waals surface area contributed by atoms with Gasteiger partial charge in [-0.2, -0.15) is 0 Å². The highest BCUT2D eigenvalue weighted by Gasteiger charge is 2.10. The second-order valence-corrected chi connectivity index (χ2v) is 4.91. The molecule has 0 unspecified atom stereocenters. The molecule has 0 aliphatic heterocycles. The van der Waals surface area contributed by atoms with E-state index < -0.39 is 0 Å². The lowest BCUT2D eigenvalue weighted by atomic mass is 10.1. The smallest absolute Gasteiger partial charge is 0.0702 e. The van der Waals surface area contributed by atoms with Crippen LogP contribution in [0.2, 0.25) is 0 Å². The molecule has 17 heavy (non-hydrogen) atoms. The van der Waals surface area contributed by atoms with E-state index in [0.29, 0.717) is 6.54 Å². The van der Waals surface area contributed by atoms with Gasteiger partial charge in [0, 0.05) is 28.8 Å². The molecule has 1 aromatic carbocycles. The third kappa shape index (κ3) is 4.30. The SMILES string of the molecule is CCCCN(CCO)c1cc(Br)ccc1CO. The van der Waals surface area contributed by atoms with Gasteiger partial charge in [-0.25, -0.2) is 0 Å². The largest absolute Gasteiger partial charge is 0.395 e. The maximum Gasteiger partial charge on any atom is 0.0702 e. The summed E-state index contributed by atoms with van der Waals surface area (Å²) in [6, 6.07) is 5.83. The molecule has 3 nitrogen and oxygen atoms in total. The van der Waals surface area contributed by atoms with Crippen molar-refractivity contribution >= 4 is 21.6 Å². The average molecular weight is 302 g/mol. The van der Waals surface area contributed by atoms with Crippen LogP contribution in [0.15, 0.2) is 22.7 Å². The van der Waals surface area contributed by atoms with Gasteiger partial charge in [-0.1, -0.05) is 35.3 Å². The maximum absolute atomic E-state index is 9.35. The van der Waals surface area contributed by atoms with E-state index in [0.717, 1.165) is 35.1 Å². The van der Waals surface area contributed by atoms with Crippen molar-refractivity contribution in [2.45, 2.75) is 26.4 Å². The number of aliphatic hydroxyl groups excluding tert-OH is 2. The van der Waals surface area contributed by atoms with Crippen molar-refractivity contribution in [2.75, 3.05) is 24.6 Å². The van der Waals surface area contributed by atoms with E-state index in [1.165, 1.54) is 0 Å². The number of nitrogens with zero attached hydrogens (tertiary/aromatic N) is 1. The summed E-state index contributed by atoms with van der Waals surface area (Å²) in [6.07, 6.45) is 2.20. The van der Waals surface area contributed by atoms with Crippen LogP contribution in [-0.2, 0) is 6.61 Å². The first kappa shape index (κ1) is 14.5. The number of benzene rings is 1. The Bertz CT molecular complexity index is 344. The van der Waals surface area contributed by atoms with Crippen molar-refractivity contribution in [3.63, 3.8) is 0 Å². The first-order valence-electron chi connectivity index (χ1n) is 5.98. The Morgan fingerprint density at radius 3 is 2.59 bits per heavy atom. The van der Waals surface area contributed by atoms with Gasteiger partial charge in [0.05, 0.1) is 13.2 Å². The molecule has 0 saturated carbocycles. The highest BCUT2D eigenvalue weighted by molar-refractivity contribution is 9.10. The lowest BCUT2D eigenvalue weighted by Gasteiger charge is -2.26. The fourth-order valence-corrected chi connectivity index (χ4v) is 2.14. The number of aliphatic hydroxyl groups is 2. The molecule has 0 amide bonds. The highest BCUT2D eigenvalue weighted by Crippen LogP contribution is 2.25. The first-order valence-corrected chi connectivity index (χ1v) is 6.77. The lowest BCUT2D eigenvalue weighted by molar-refractivity contribution is 0.280. The zero-order valence-corrected chi connectivity index (χ0v) is 11.8.